The highest BCUT2D eigenvalue weighted by atomic mass is 35.5. The molecule has 7 nitrogen and oxygen atoms in total. The van der Waals surface area contributed by atoms with E-state index >= 15 is 0 Å². The van der Waals surface area contributed by atoms with Gasteiger partial charge in [0, 0.05) is 7.05 Å². The summed E-state index contributed by atoms with van der Waals surface area (Å²) in [7, 11) is -2.63. The second-order valence-electron chi connectivity index (χ2n) is 6.97. The Hall–Kier alpha value is -3.43. The van der Waals surface area contributed by atoms with Gasteiger partial charge in [0.05, 0.1) is 26.9 Å². The Labute approximate surface area is 195 Å². The van der Waals surface area contributed by atoms with Crippen LogP contribution in [-0.2, 0) is 19.6 Å². The molecule has 1 atom stereocenters. The maximum absolute atomic E-state index is 13.7. The van der Waals surface area contributed by atoms with E-state index in [0.717, 1.165) is 10.4 Å². The quantitative estimate of drug-likeness (QED) is 0.493. The van der Waals surface area contributed by atoms with Crippen molar-refractivity contribution in [1.29, 1.82) is 0 Å². The van der Waals surface area contributed by atoms with E-state index in [1.165, 1.54) is 50.4 Å². The summed E-state index contributed by atoms with van der Waals surface area (Å²) in [4.78, 5) is 24.8. The zero-order chi connectivity index (χ0) is 24.2. The molecule has 0 radical (unpaired) electrons. The average molecular weight is 491 g/mol. The molecule has 0 fully saturated rings. The predicted octanol–water partition coefficient (Wildman–Crippen LogP) is 4.49. The number of halogens is 2. The SMILES string of the molecule is CC(OC(=O)c1cc(S(=O)(=O)N(C)c2ccccc2)ccc1Cl)C(=O)Nc1ccccc1F. The lowest BCUT2D eigenvalue weighted by Crippen LogP contribution is -2.30. The number of para-hydroxylation sites is 2. The number of hydrogen-bond acceptors (Lipinski definition) is 5. The number of nitrogens with one attached hydrogen (secondary N) is 1. The molecule has 172 valence electrons. The van der Waals surface area contributed by atoms with Crippen LogP contribution >= 0.6 is 11.6 Å². The topological polar surface area (TPSA) is 92.8 Å². The fraction of sp³-hybridized carbons (Fsp3) is 0.130. The second-order valence-corrected chi connectivity index (χ2v) is 9.34. The first-order valence-corrected chi connectivity index (χ1v) is 11.5. The van der Waals surface area contributed by atoms with Crippen molar-refractivity contribution in [3.8, 4) is 0 Å². The molecule has 33 heavy (non-hydrogen) atoms. The van der Waals surface area contributed by atoms with Crippen molar-refractivity contribution in [3.63, 3.8) is 0 Å². The molecule has 0 saturated heterocycles. The van der Waals surface area contributed by atoms with Gasteiger partial charge in [-0.3, -0.25) is 9.10 Å². The van der Waals surface area contributed by atoms with Gasteiger partial charge in [-0.2, -0.15) is 0 Å². The highest BCUT2D eigenvalue weighted by molar-refractivity contribution is 7.92. The van der Waals surface area contributed by atoms with Crippen LogP contribution in [0, 0.1) is 5.82 Å². The Morgan fingerprint density at radius 1 is 1.03 bits per heavy atom. The van der Waals surface area contributed by atoms with Crippen molar-refractivity contribution in [3.05, 3.63) is 89.2 Å². The highest BCUT2D eigenvalue weighted by Gasteiger charge is 2.26. The van der Waals surface area contributed by atoms with E-state index < -0.39 is 33.8 Å². The number of carbonyl (C=O) groups excluding carboxylic acids is 2. The van der Waals surface area contributed by atoms with Gasteiger partial charge in [-0.05, 0) is 49.4 Å². The predicted molar refractivity (Wildman–Crippen MR) is 123 cm³/mol. The number of hydrogen-bond donors (Lipinski definition) is 1. The Kier molecular flexibility index (Phi) is 7.35. The molecule has 0 heterocycles. The van der Waals surface area contributed by atoms with E-state index in [1.54, 1.807) is 30.3 Å². The van der Waals surface area contributed by atoms with Crippen molar-refractivity contribution >= 4 is 44.9 Å². The van der Waals surface area contributed by atoms with E-state index in [1.807, 2.05) is 0 Å². The Bertz CT molecular complexity index is 1290. The number of sulfonamides is 1. The molecule has 3 aromatic carbocycles. The minimum Gasteiger partial charge on any atom is -0.449 e. The fourth-order valence-corrected chi connectivity index (χ4v) is 4.25. The number of carbonyl (C=O) groups is 2. The number of amides is 1. The molecular weight excluding hydrogens is 471 g/mol. The van der Waals surface area contributed by atoms with E-state index in [-0.39, 0.29) is 21.2 Å². The summed E-state index contributed by atoms with van der Waals surface area (Å²) in [5.41, 5.74) is 0.125. The van der Waals surface area contributed by atoms with Crippen LogP contribution in [0.25, 0.3) is 0 Å². The number of esters is 1. The Morgan fingerprint density at radius 3 is 2.33 bits per heavy atom. The van der Waals surface area contributed by atoms with Gasteiger partial charge in [0.15, 0.2) is 6.10 Å². The van der Waals surface area contributed by atoms with Gasteiger partial charge in [-0.1, -0.05) is 41.9 Å². The maximum Gasteiger partial charge on any atom is 0.340 e. The van der Waals surface area contributed by atoms with Gasteiger partial charge in [0.25, 0.3) is 15.9 Å². The number of ether oxygens (including phenoxy) is 1. The minimum atomic E-state index is -4.01. The van der Waals surface area contributed by atoms with Gasteiger partial charge < -0.3 is 10.1 Å². The average Bonchev–Trinajstić information content (AvgIpc) is 2.80. The van der Waals surface area contributed by atoms with E-state index in [4.69, 9.17) is 16.3 Å². The van der Waals surface area contributed by atoms with Gasteiger partial charge in [-0.15, -0.1) is 0 Å². The Morgan fingerprint density at radius 2 is 1.67 bits per heavy atom. The van der Waals surface area contributed by atoms with Crippen molar-refractivity contribution in [2.45, 2.75) is 17.9 Å². The van der Waals surface area contributed by atoms with E-state index in [2.05, 4.69) is 5.32 Å². The van der Waals surface area contributed by atoms with Crippen molar-refractivity contribution in [2.24, 2.45) is 0 Å². The van der Waals surface area contributed by atoms with Gasteiger partial charge >= 0.3 is 5.97 Å². The smallest absolute Gasteiger partial charge is 0.340 e. The zero-order valence-corrected chi connectivity index (χ0v) is 19.2. The molecular formula is C23H20ClFN2O5S. The summed E-state index contributed by atoms with van der Waals surface area (Å²) in [5.74, 6) is -2.42. The summed E-state index contributed by atoms with van der Waals surface area (Å²) in [6.07, 6.45) is -1.31. The van der Waals surface area contributed by atoms with Gasteiger partial charge in [-0.25, -0.2) is 17.6 Å². The largest absolute Gasteiger partial charge is 0.449 e. The molecule has 1 amide bonds. The van der Waals surface area contributed by atoms with Crippen LogP contribution in [0.5, 0.6) is 0 Å². The molecule has 0 bridgehead atoms. The summed E-state index contributed by atoms with van der Waals surface area (Å²) in [6.45, 7) is 1.30. The van der Waals surface area contributed by atoms with E-state index in [0.29, 0.717) is 5.69 Å². The third-order valence-corrected chi connectivity index (χ3v) is 6.83. The number of anilines is 2. The van der Waals surface area contributed by atoms with Crippen LogP contribution < -0.4 is 9.62 Å². The van der Waals surface area contributed by atoms with Crippen LogP contribution in [0.1, 0.15) is 17.3 Å². The van der Waals surface area contributed by atoms with Crippen LogP contribution in [0.15, 0.2) is 77.7 Å². The molecule has 1 N–H and O–H groups in total. The molecule has 0 aliphatic rings. The third kappa shape index (κ3) is 5.50. The lowest BCUT2D eigenvalue weighted by Gasteiger charge is -2.20. The first kappa shape index (κ1) is 24.2. The summed E-state index contributed by atoms with van der Waals surface area (Å²) >= 11 is 6.09. The number of rotatable bonds is 7. The van der Waals surface area contributed by atoms with Crippen LogP contribution in [0.3, 0.4) is 0 Å². The monoisotopic (exact) mass is 490 g/mol. The lowest BCUT2D eigenvalue weighted by atomic mass is 10.2. The number of benzene rings is 3. The molecule has 10 heteroatoms. The van der Waals surface area contributed by atoms with Crippen LogP contribution in [-0.4, -0.2) is 33.4 Å². The summed E-state index contributed by atoms with van der Waals surface area (Å²) in [6, 6.07) is 17.5. The standard InChI is InChI=1S/C23H20ClFN2O5S/c1-15(22(28)26-21-11-7-6-10-20(21)25)32-23(29)18-14-17(12-13-19(18)24)33(30,31)27(2)16-8-4-3-5-9-16/h3-15H,1-2H3,(H,26,28). The molecule has 0 saturated carbocycles. The van der Waals surface area contributed by atoms with Gasteiger partial charge in [0.1, 0.15) is 5.82 Å². The molecule has 0 aromatic heterocycles. The molecule has 0 spiro atoms. The minimum absolute atomic E-state index is 0.0528. The normalized spacial score (nSPS) is 12.0. The van der Waals surface area contributed by atoms with Crippen LogP contribution in [0.4, 0.5) is 15.8 Å². The first-order valence-electron chi connectivity index (χ1n) is 9.71. The summed E-state index contributed by atoms with van der Waals surface area (Å²) in [5, 5.41) is 2.27. The van der Waals surface area contributed by atoms with Crippen LogP contribution in [0.2, 0.25) is 5.02 Å². The third-order valence-electron chi connectivity index (χ3n) is 4.72. The number of nitrogens with zero attached hydrogens (tertiary/aromatic N) is 1. The molecule has 3 aromatic rings. The zero-order valence-electron chi connectivity index (χ0n) is 17.7. The fourth-order valence-electron chi connectivity index (χ4n) is 2.83. The highest BCUT2D eigenvalue weighted by Crippen LogP contribution is 2.26. The maximum atomic E-state index is 13.7. The van der Waals surface area contributed by atoms with E-state index in [9.17, 15) is 22.4 Å². The first-order chi connectivity index (χ1) is 15.6. The van der Waals surface area contributed by atoms with Gasteiger partial charge in [0.2, 0.25) is 0 Å². The molecule has 0 aliphatic heterocycles. The second kappa shape index (κ2) is 10.0. The molecule has 3 rings (SSSR count). The van der Waals surface area contributed by atoms with Crippen molar-refractivity contribution in [2.75, 3.05) is 16.7 Å². The molecule has 1 unspecified atom stereocenters. The molecule has 0 aliphatic carbocycles. The Balaban J connectivity index is 1.79. The summed E-state index contributed by atoms with van der Waals surface area (Å²) < 4.78 is 46.0. The van der Waals surface area contributed by atoms with Crippen molar-refractivity contribution in [1.82, 2.24) is 0 Å². The lowest BCUT2D eigenvalue weighted by molar-refractivity contribution is -0.123. The van der Waals surface area contributed by atoms with Crippen molar-refractivity contribution < 1.29 is 27.1 Å².